The molecule has 0 saturated heterocycles. The molecular formula is C31H58O4. The van der Waals surface area contributed by atoms with Gasteiger partial charge in [0.15, 0.2) is 0 Å². The molecule has 1 rings (SSSR count). The second kappa shape index (κ2) is 22.2. The fourth-order valence-corrected chi connectivity index (χ4v) is 5.15. The molecule has 0 N–H and O–H groups in total. The fraction of sp³-hybridized carbons (Fsp3) is 0.935. The zero-order valence-corrected chi connectivity index (χ0v) is 23.6. The Balaban J connectivity index is 2.02. The molecule has 0 aliphatic heterocycles. The fourth-order valence-electron chi connectivity index (χ4n) is 5.15. The lowest BCUT2D eigenvalue weighted by Gasteiger charge is -2.26. The van der Waals surface area contributed by atoms with Crippen molar-refractivity contribution >= 4 is 11.9 Å². The summed E-state index contributed by atoms with van der Waals surface area (Å²) < 4.78 is 11.1. The molecule has 1 aliphatic rings. The number of carbonyl (C=O) groups is 2. The second-order valence-electron chi connectivity index (χ2n) is 11.4. The van der Waals surface area contributed by atoms with Gasteiger partial charge in [-0.15, -0.1) is 0 Å². The van der Waals surface area contributed by atoms with E-state index < -0.39 is 0 Å². The van der Waals surface area contributed by atoms with E-state index in [9.17, 15) is 9.59 Å². The average Bonchev–Trinajstić information content (AvgIpc) is 2.85. The molecule has 35 heavy (non-hydrogen) atoms. The van der Waals surface area contributed by atoms with Crippen molar-refractivity contribution in [2.24, 2.45) is 17.8 Å². The van der Waals surface area contributed by atoms with E-state index in [1.165, 1.54) is 83.5 Å². The number of esters is 2. The molecule has 0 aromatic carbocycles. The lowest BCUT2D eigenvalue weighted by Crippen LogP contribution is -2.30. The summed E-state index contributed by atoms with van der Waals surface area (Å²) >= 11 is 0. The van der Waals surface area contributed by atoms with E-state index in [-0.39, 0.29) is 23.8 Å². The van der Waals surface area contributed by atoms with Crippen LogP contribution in [0.25, 0.3) is 0 Å². The average molecular weight is 495 g/mol. The molecule has 1 saturated carbocycles. The van der Waals surface area contributed by atoms with Crippen LogP contribution >= 0.6 is 0 Å². The Hall–Kier alpha value is -1.06. The molecule has 1 aliphatic carbocycles. The van der Waals surface area contributed by atoms with Crippen molar-refractivity contribution in [2.75, 3.05) is 13.2 Å². The van der Waals surface area contributed by atoms with Crippen LogP contribution in [0.3, 0.4) is 0 Å². The summed E-state index contributed by atoms with van der Waals surface area (Å²) in [5.41, 5.74) is 0. The molecule has 1 fully saturated rings. The minimum atomic E-state index is -0.130. The van der Waals surface area contributed by atoms with Gasteiger partial charge in [0.1, 0.15) is 0 Å². The van der Waals surface area contributed by atoms with Crippen LogP contribution in [0.1, 0.15) is 156 Å². The van der Waals surface area contributed by atoms with Gasteiger partial charge >= 0.3 is 11.9 Å². The van der Waals surface area contributed by atoms with Crippen molar-refractivity contribution in [3.05, 3.63) is 0 Å². The molecule has 0 amide bonds. The molecule has 4 heteroatoms. The van der Waals surface area contributed by atoms with E-state index in [0.29, 0.717) is 19.6 Å². The standard InChI is InChI=1S/C31H58O4/c1-4-5-6-7-8-9-10-12-15-18-24-34-30(32)28-22-20-23-29(26-28)31(33)35-25-19-16-13-11-14-17-21-27(2)3/h27-29H,4-26H2,1-3H3. The normalized spacial score (nSPS) is 18.1. The Morgan fingerprint density at radius 2 is 1.03 bits per heavy atom. The van der Waals surface area contributed by atoms with Crippen LogP contribution in [-0.2, 0) is 19.1 Å². The Morgan fingerprint density at radius 3 is 1.46 bits per heavy atom. The summed E-state index contributed by atoms with van der Waals surface area (Å²) in [6.45, 7) is 7.87. The lowest BCUT2D eigenvalue weighted by atomic mass is 9.81. The molecule has 4 nitrogen and oxygen atoms in total. The molecular weight excluding hydrogens is 436 g/mol. The highest BCUT2D eigenvalue weighted by Gasteiger charge is 2.32. The Labute approximate surface area is 217 Å². The van der Waals surface area contributed by atoms with Gasteiger partial charge in [-0.3, -0.25) is 9.59 Å². The maximum Gasteiger partial charge on any atom is 0.308 e. The molecule has 206 valence electrons. The lowest BCUT2D eigenvalue weighted by molar-refractivity contribution is -0.155. The third-order valence-corrected chi connectivity index (χ3v) is 7.50. The number of hydrogen-bond donors (Lipinski definition) is 0. The first-order chi connectivity index (χ1) is 17.0. The van der Waals surface area contributed by atoms with Crippen molar-refractivity contribution in [1.82, 2.24) is 0 Å². The maximum atomic E-state index is 12.5. The van der Waals surface area contributed by atoms with Gasteiger partial charge in [-0.1, -0.05) is 124 Å². The largest absolute Gasteiger partial charge is 0.465 e. The number of unbranched alkanes of at least 4 members (excludes halogenated alkanes) is 14. The summed E-state index contributed by atoms with van der Waals surface area (Å²) in [6.07, 6.45) is 24.5. The van der Waals surface area contributed by atoms with Crippen LogP contribution < -0.4 is 0 Å². The topological polar surface area (TPSA) is 52.6 Å². The van der Waals surface area contributed by atoms with Gasteiger partial charge in [0.2, 0.25) is 0 Å². The van der Waals surface area contributed by atoms with Gasteiger partial charge in [-0.25, -0.2) is 0 Å². The first kappa shape index (κ1) is 32.0. The number of carbonyl (C=O) groups excluding carboxylic acids is 2. The number of rotatable bonds is 22. The highest BCUT2D eigenvalue weighted by molar-refractivity contribution is 5.76. The van der Waals surface area contributed by atoms with Crippen LogP contribution in [-0.4, -0.2) is 25.2 Å². The van der Waals surface area contributed by atoms with Crippen molar-refractivity contribution < 1.29 is 19.1 Å². The maximum absolute atomic E-state index is 12.5. The molecule has 0 radical (unpaired) electrons. The predicted molar refractivity (Wildman–Crippen MR) is 146 cm³/mol. The molecule has 0 heterocycles. The second-order valence-corrected chi connectivity index (χ2v) is 11.4. The summed E-state index contributed by atoms with van der Waals surface area (Å²) in [6, 6.07) is 0. The number of ether oxygens (including phenoxy) is 2. The van der Waals surface area contributed by atoms with Crippen LogP contribution in [0.4, 0.5) is 0 Å². The first-order valence-corrected chi connectivity index (χ1v) is 15.4. The van der Waals surface area contributed by atoms with Crippen LogP contribution in [0.5, 0.6) is 0 Å². The number of hydrogen-bond acceptors (Lipinski definition) is 4. The van der Waals surface area contributed by atoms with Crippen LogP contribution in [0.15, 0.2) is 0 Å². The van der Waals surface area contributed by atoms with Crippen molar-refractivity contribution in [3.63, 3.8) is 0 Å². The smallest absolute Gasteiger partial charge is 0.308 e. The van der Waals surface area contributed by atoms with Crippen molar-refractivity contribution in [3.8, 4) is 0 Å². The zero-order chi connectivity index (χ0) is 25.6. The first-order valence-electron chi connectivity index (χ1n) is 15.4. The molecule has 0 spiro atoms. The van der Waals surface area contributed by atoms with Gasteiger partial charge in [0.05, 0.1) is 25.0 Å². The summed E-state index contributed by atoms with van der Waals surface area (Å²) in [7, 11) is 0. The molecule has 2 unspecified atom stereocenters. The third-order valence-electron chi connectivity index (χ3n) is 7.50. The summed E-state index contributed by atoms with van der Waals surface area (Å²) in [5, 5.41) is 0. The van der Waals surface area contributed by atoms with Crippen LogP contribution in [0, 0.1) is 17.8 Å². The molecule has 0 bridgehead atoms. The van der Waals surface area contributed by atoms with E-state index in [0.717, 1.165) is 50.9 Å². The van der Waals surface area contributed by atoms with E-state index in [2.05, 4.69) is 20.8 Å². The predicted octanol–water partition coefficient (Wildman–Crippen LogP) is 9.19. The van der Waals surface area contributed by atoms with Gasteiger partial charge in [-0.2, -0.15) is 0 Å². The van der Waals surface area contributed by atoms with E-state index >= 15 is 0 Å². The Kier molecular flexibility index (Phi) is 20.2. The van der Waals surface area contributed by atoms with E-state index in [1.54, 1.807) is 0 Å². The summed E-state index contributed by atoms with van der Waals surface area (Å²) in [5.74, 6) is 0.343. The minimum Gasteiger partial charge on any atom is -0.465 e. The highest BCUT2D eigenvalue weighted by atomic mass is 16.5. The SMILES string of the molecule is CCCCCCCCCCCCOC(=O)C1CCCC(C(=O)OCCCCCCCCC(C)C)C1. The van der Waals surface area contributed by atoms with Gasteiger partial charge < -0.3 is 9.47 Å². The van der Waals surface area contributed by atoms with E-state index in [1.807, 2.05) is 0 Å². The van der Waals surface area contributed by atoms with Crippen molar-refractivity contribution in [1.29, 1.82) is 0 Å². The zero-order valence-electron chi connectivity index (χ0n) is 23.6. The van der Waals surface area contributed by atoms with Gasteiger partial charge in [0.25, 0.3) is 0 Å². The molecule has 2 atom stereocenters. The molecule has 0 aromatic rings. The minimum absolute atomic E-state index is 0.101. The third kappa shape index (κ3) is 17.9. The van der Waals surface area contributed by atoms with Crippen molar-refractivity contribution in [2.45, 2.75) is 156 Å². The van der Waals surface area contributed by atoms with E-state index in [4.69, 9.17) is 9.47 Å². The Bertz CT molecular complexity index is 516. The summed E-state index contributed by atoms with van der Waals surface area (Å²) in [4.78, 5) is 25.0. The van der Waals surface area contributed by atoms with Gasteiger partial charge in [0, 0.05) is 0 Å². The quantitative estimate of drug-likeness (QED) is 0.111. The Morgan fingerprint density at radius 1 is 0.629 bits per heavy atom. The highest BCUT2D eigenvalue weighted by Crippen LogP contribution is 2.31. The van der Waals surface area contributed by atoms with Gasteiger partial charge in [-0.05, 0) is 38.0 Å². The van der Waals surface area contributed by atoms with Crippen LogP contribution in [0.2, 0.25) is 0 Å². The molecule has 0 aromatic heterocycles. The monoisotopic (exact) mass is 494 g/mol.